The summed E-state index contributed by atoms with van der Waals surface area (Å²) in [5.41, 5.74) is 6.74. The van der Waals surface area contributed by atoms with E-state index in [0.29, 0.717) is 6.61 Å². The maximum Gasteiger partial charge on any atom is 0.239 e. The molecule has 5 nitrogen and oxygen atoms in total. The molecule has 24 heavy (non-hydrogen) atoms. The predicted octanol–water partition coefficient (Wildman–Crippen LogP) is 2.32. The largest absolute Gasteiger partial charge is 0.491 e. The van der Waals surface area contributed by atoms with Gasteiger partial charge in [0, 0.05) is 7.11 Å². The molecule has 2 atom stereocenters. The standard InChI is InChI=1S/C18H22N2O3.ClH/c1-22-12-16(19)18(21)20-17(14-8-4-2-5-9-14)13-23-15-10-6-3-7-11-15;/h2-11,16-17H,12-13,19H2,1H3,(H,20,21);1H. The summed E-state index contributed by atoms with van der Waals surface area (Å²) in [5.74, 6) is 0.487. The average molecular weight is 351 g/mol. The highest BCUT2D eigenvalue weighted by Gasteiger charge is 2.20. The van der Waals surface area contributed by atoms with Crippen LogP contribution in [0.4, 0.5) is 0 Å². The Morgan fingerprint density at radius 2 is 1.62 bits per heavy atom. The summed E-state index contributed by atoms with van der Waals surface area (Å²) in [7, 11) is 1.51. The van der Waals surface area contributed by atoms with Crippen LogP contribution >= 0.6 is 12.4 Å². The molecule has 0 aromatic heterocycles. The summed E-state index contributed by atoms with van der Waals surface area (Å²) >= 11 is 0. The van der Waals surface area contributed by atoms with Gasteiger partial charge in [0.1, 0.15) is 18.4 Å². The molecule has 2 unspecified atom stereocenters. The predicted molar refractivity (Wildman–Crippen MR) is 96.4 cm³/mol. The minimum Gasteiger partial charge on any atom is -0.491 e. The van der Waals surface area contributed by atoms with Crippen LogP contribution in [0.2, 0.25) is 0 Å². The Bertz CT molecular complexity index is 596. The van der Waals surface area contributed by atoms with E-state index in [9.17, 15) is 4.79 Å². The number of hydrogen-bond acceptors (Lipinski definition) is 4. The molecule has 6 heteroatoms. The van der Waals surface area contributed by atoms with Crippen LogP contribution in [0, 0.1) is 0 Å². The van der Waals surface area contributed by atoms with Crippen LogP contribution < -0.4 is 15.8 Å². The van der Waals surface area contributed by atoms with Crippen molar-refractivity contribution in [3.63, 3.8) is 0 Å². The Hall–Kier alpha value is -2.08. The molecule has 0 aliphatic rings. The Morgan fingerprint density at radius 3 is 2.21 bits per heavy atom. The van der Waals surface area contributed by atoms with Crippen molar-refractivity contribution in [2.24, 2.45) is 5.73 Å². The Kier molecular flexibility index (Phi) is 8.86. The fourth-order valence-electron chi connectivity index (χ4n) is 2.14. The first kappa shape index (κ1) is 20.0. The molecule has 2 aromatic carbocycles. The first-order valence-electron chi connectivity index (χ1n) is 7.48. The molecular weight excluding hydrogens is 328 g/mol. The zero-order chi connectivity index (χ0) is 16.5. The van der Waals surface area contributed by atoms with Gasteiger partial charge < -0.3 is 20.5 Å². The number of hydrogen-bond donors (Lipinski definition) is 2. The molecule has 3 N–H and O–H groups in total. The molecule has 2 rings (SSSR count). The number of para-hydroxylation sites is 1. The Labute approximate surface area is 148 Å². The smallest absolute Gasteiger partial charge is 0.239 e. The second-order valence-electron chi connectivity index (χ2n) is 5.16. The van der Waals surface area contributed by atoms with E-state index in [1.165, 1.54) is 7.11 Å². The highest BCUT2D eigenvalue weighted by molar-refractivity contribution is 5.85. The number of methoxy groups -OCH3 is 1. The molecule has 0 aliphatic carbocycles. The van der Waals surface area contributed by atoms with Gasteiger partial charge in [-0.1, -0.05) is 48.5 Å². The zero-order valence-electron chi connectivity index (χ0n) is 13.6. The van der Waals surface area contributed by atoms with E-state index in [4.69, 9.17) is 15.2 Å². The molecular formula is C18H23ClN2O3. The van der Waals surface area contributed by atoms with Crippen molar-refractivity contribution in [2.75, 3.05) is 20.3 Å². The second-order valence-corrected chi connectivity index (χ2v) is 5.16. The molecule has 1 amide bonds. The maximum absolute atomic E-state index is 12.2. The first-order valence-corrected chi connectivity index (χ1v) is 7.48. The Morgan fingerprint density at radius 1 is 1.04 bits per heavy atom. The summed E-state index contributed by atoms with van der Waals surface area (Å²) in [6, 6.07) is 18.2. The number of ether oxygens (including phenoxy) is 2. The third-order valence-electron chi connectivity index (χ3n) is 3.36. The number of nitrogens with one attached hydrogen (secondary N) is 1. The van der Waals surface area contributed by atoms with Crippen molar-refractivity contribution in [2.45, 2.75) is 12.1 Å². The minimum absolute atomic E-state index is 0. The molecule has 0 saturated heterocycles. The number of amides is 1. The summed E-state index contributed by atoms with van der Waals surface area (Å²) in [6.07, 6.45) is 0. The lowest BCUT2D eigenvalue weighted by Crippen LogP contribution is -2.45. The summed E-state index contributed by atoms with van der Waals surface area (Å²) < 4.78 is 10.7. The summed E-state index contributed by atoms with van der Waals surface area (Å²) in [5, 5.41) is 2.92. The number of carbonyl (C=O) groups is 1. The van der Waals surface area contributed by atoms with Crippen molar-refractivity contribution in [1.82, 2.24) is 5.32 Å². The number of benzene rings is 2. The SMILES string of the molecule is COCC(N)C(=O)NC(COc1ccccc1)c1ccccc1.Cl. The number of rotatable bonds is 8. The lowest BCUT2D eigenvalue weighted by atomic mass is 10.1. The van der Waals surface area contributed by atoms with E-state index < -0.39 is 6.04 Å². The van der Waals surface area contributed by atoms with Crippen molar-refractivity contribution in [1.29, 1.82) is 0 Å². The van der Waals surface area contributed by atoms with Gasteiger partial charge >= 0.3 is 0 Å². The number of halogens is 1. The molecule has 130 valence electrons. The second kappa shape index (κ2) is 10.6. The monoisotopic (exact) mass is 350 g/mol. The molecule has 0 heterocycles. The molecule has 0 fully saturated rings. The maximum atomic E-state index is 12.2. The van der Waals surface area contributed by atoms with Gasteiger partial charge in [-0.25, -0.2) is 0 Å². The Balaban J connectivity index is 0.00000288. The highest BCUT2D eigenvalue weighted by atomic mass is 35.5. The third-order valence-corrected chi connectivity index (χ3v) is 3.36. The lowest BCUT2D eigenvalue weighted by molar-refractivity contribution is -0.124. The fraction of sp³-hybridized carbons (Fsp3) is 0.278. The number of nitrogens with two attached hydrogens (primary N) is 1. The van der Waals surface area contributed by atoms with Crippen molar-refractivity contribution >= 4 is 18.3 Å². The van der Waals surface area contributed by atoms with Crippen molar-refractivity contribution < 1.29 is 14.3 Å². The van der Waals surface area contributed by atoms with E-state index in [0.717, 1.165) is 11.3 Å². The molecule has 0 saturated carbocycles. The van der Waals surface area contributed by atoms with Gasteiger partial charge in [-0.3, -0.25) is 4.79 Å². The van der Waals surface area contributed by atoms with Crippen LogP contribution in [0.25, 0.3) is 0 Å². The average Bonchev–Trinajstić information content (AvgIpc) is 2.60. The molecule has 0 aliphatic heterocycles. The van der Waals surface area contributed by atoms with Gasteiger partial charge in [0.25, 0.3) is 0 Å². The van der Waals surface area contributed by atoms with E-state index in [-0.39, 0.29) is 31.0 Å². The van der Waals surface area contributed by atoms with Crippen LogP contribution in [-0.2, 0) is 9.53 Å². The normalized spacial score (nSPS) is 12.6. The zero-order valence-corrected chi connectivity index (χ0v) is 14.4. The van der Waals surface area contributed by atoms with Crippen LogP contribution in [0.1, 0.15) is 11.6 Å². The summed E-state index contributed by atoms with van der Waals surface area (Å²) in [6.45, 7) is 0.492. The van der Waals surface area contributed by atoms with Crippen molar-refractivity contribution in [3.05, 3.63) is 66.2 Å². The first-order chi connectivity index (χ1) is 11.2. The van der Waals surface area contributed by atoms with E-state index in [2.05, 4.69) is 5.32 Å². The van der Waals surface area contributed by atoms with Gasteiger partial charge in [-0.15, -0.1) is 12.4 Å². The van der Waals surface area contributed by atoms with Crippen molar-refractivity contribution in [3.8, 4) is 5.75 Å². The van der Waals surface area contributed by atoms with Crippen LogP contribution in [0.15, 0.2) is 60.7 Å². The molecule has 0 spiro atoms. The lowest BCUT2D eigenvalue weighted by Gasteiger charge is -2.21. The van der Waals surface area contributed by atoms with Gasteiger partial charge in [0.05, 0.1) is 12.6 Å². The molecule has 0 radical (unpaired) electrons. The van der Waals surface area contributed by atoms with Gasteiger partial charge in [0.2, 0.25) is 5.91 Å². The van der Waals surface area contributed by atoms with Crippen LogP contribution in [-0.4, -0.2) is 32.3 Å². The fourth-order valence-corrected chi connectivity index (χ4v) is 2.14. The molecule has 0 bridgehead atoms. The molecule has 2 aromatic rings. The van der Waals surface area contributed by atoms with Crippen LogP contribution in [0.5, 0.6) is 5.75 Å². The van der Waals surface area contributed by atoms with E-state index in [1.807, 2.05) is 60.7 Å². The number of carbonyl (C=O) groups excluding carboxylic acids is 1. The minimum atomic E-state index is -0.706. The summed E-state index contributed by atoms with van der Waals surface area (Å²) in [4.78, 5) is 12.2. The van der Waals surface area contributed by atoms with Crippen LogP contribution in [0.3, 0.4) is 0 Å². The van der Waals surface area contributed by atoms with Gasteiger partial charge in [-0.2, -0.15) is 0 Å². The van der Waals surface area contributed by atoms with Gasteiger partial charge in [0.15, 0.2) is 0 Å². The van der Waals surface area contributed by atoms with Gasteiger partial charge in [-0.05, 0) is 17.7 Å². The highest BCUT2D eigenvalue weighted by Crippen LogP contribution is 2.16. The van der Waals surface area contributed by atoms with E-state index >= 15 is 0 Å². The third kappa shape index (κ3) is 6.20. The quantitative estimate of drug-likeness (QED) is 0.766. The van der Waals surface area contributed by atoms with E-state index in [1.54, 1.807) is 0 Å². The topological polar surface area (TPSA) is 73.6 Å².